The predicted molar refractivity (Wildman–Crippen MR) is 172 cm³/mol. The average Bonchev–Trinajstić information content (AvgIpc) is 3.37. The lowest BCUT2D eigenvalue weighted by atomic mass is 9.73. The van der Waals surface area contributed by atoms with Crippen LogP contribution >= 0.6 is 0 Å². The number of rotatable bonds is 10. The van der Waals surface area contributed by atoms with E-state index in [0.29, 0.717) is 18.5 Å². The smallest absolute Gasteiger partial charge is 0.348 e. The fraction of sp³-hybridized carbons (Fsp3) is 0.324. The van der Waals surface area contributed by atoms with Crippen molar-refractivity contribution in [3.05, 3.63) is 114 Å². The van der Waals surface area contributed by atoms with E-state index < -0.39 is 24.0 Å². The van der Waals surface area contributed by atoms with Gasteiger partial charge in [0, 0.05) is 25.3 Å². The molecule has 238 valence electrons. The van der Waals surface area contributed by atoms with Crippen molar-refractivity contribution >= 4 is 11.8 Å². The Kier molecular flexibility index (Phi) is 9.22. The number of carbonyl (C=O) groups is 2. The molecule has 0 bridgehead atoms. The largest absolute Gasteiger partial charge is 0.405 e. The molecule has 0 spiro atoms. The van der Waals surface area contributed by atoms with Crippen LogP contribution in [0.3, 0.4) is 0 Å². The summed E-state index contributed by atoms with van der Waals surface area (Å²) in [7, 11) is 0. The fourth-order valence-corrected chi connectivity index (χ4v) is 6.93. The Morgan fingerprint density at radius 2 is 1.46 bits per heavy atom. The predicted octanol–water partition coefficient (Wildman–Crippen LogP) is 6.76. The molecule has 0 saturated carbocycles. The van der Waals surface area contributed by atoms with Crippen molar-refractivity contribution in [3.63, 3.8) is 0 Å². The lowest BCUT2D eigenvalue weighted by Gasteiger charge is -2.33. The number of pyridine rings is 1. The van der Waals surface area contributed by atoms with Crippen LogP contribution in [0.15, 0.2) is 97.2 Å². The van der Waals surface area contributed by atoms with Crippen LogP contribution in [0, 0.1) is 0 Å². The van der Waals surface area contributed by atoms with E-state index in [1.54, 1.807) is 6.20 Å². The second-order valence-corrected chi connectivity index (χ2v) is 12.1. The number of alkyl halides is 3. The lowest BCUT2D eigenvalue weighted by molar-refractivity contribution is -0.141. The van der Waals surface area contributed by atoms with Gasteiger partial charge in [-0.25, -0.2) is 0 Å². The zero-order valence-corrected chi connectivity index (χ0v) is 25.5. The zero-order chi connectivity index (χ0) is 32.1. The first-order valence-corrected chi connectivity index (χ1v) is 15.8. The molecule has 46 heavy (non-hydrogen) atoms. The van der Waals surface area contributed by atoms with Crippen molar-refractivity contribution in [1.82, 2.24) is 20.5 Å². The van der Waals surface area contributed by atoms with E-state index in [2.05, 4.69) is 20.5 Å². The van der Waals surface area contributed by atoms with Crippen LogP contribution in [0.4, 0.5) is 13.2 Å². The number of hydrogen-bond acceptors (Lipinski definition) is 4. The van der Waals surface area contributed by atoms with Crippen molar-refractivity contribution in [2.75, 3.05) is 26.2 Å². The van der Waals surface area contributed by atoms with Crippen LogP contribution < -0.4 is 10.6 Å². The summed E-state index contributed by atoms with van der Waals surface area (Å²) in [4.78, 5) is 33.3. The lowest BCUT2D eigenvalue weighted by Crippen LogP contribution is -2.47. The van der Waals surface area contributed by atoms with E-state index in [9.17, 15) is 22.8 Å². The second-order valence-electron chi connectivity index (χ2n) is 12.1. The Morgan fingerprint density at radius 1 is 0.826 bits per heavy atom. The summed E-state index contributed by atoms with van der Waals surface area (Å²) in [5.74, 6) is -0.787. The molecule has 6 nitrogen and oxygen atoms in total. The highest BCUT2D eigenvalue weighted by atomic mass is 19.4. The summed E-state index contributed by atoms with van der Waals surface area (Å²) in [5, 5.41) is 5.35. The summed E-state index contributed by atoms with van der Waals surface area (Å²) in [6.45, 7) is 1.10. The standard InChI is InChI=1S/C37H37F3N4O2/c38-37(39,40)25-42-35(46)36(31-14-6-4-12-29(31)30-13-5-7-15-32(30)36)19-8-9-21-44-22-17-28(18-23-44)43-34(45)33-24-27(16-20-41-33)26-10-2-1-3-11-26/h1-7,10-16,20,24,28H,8-9,17-19,21-23,25H2,(H,42,46)(H,43,45). The van der Waals surface area contributed by atoms with Crippen LogP contribution in [0.5, 0.6) is 0 Å². The summed E-state index contributed by atoms with van der Waals surface area (Å²) in [6, 6.07) is 28.7. The first-order valence-electron chi connectivity index (χ1n) is 15.8. The molecule has 1 aliphatic heterocycles. The number of amides is 2. The molecule has 6 rings (SSSR count). The van der Waals surface area contributed by atoms with Crippen molar-refractivity contribution in [1.29, 1.82) is 0 Å². The van der Waals surface area contributed by atoms with Gasteiger partial charge in [-0.15, -0.1) is 0 Å². The molecule has 1 fully saturated rings. The summed E-state index contributed by atoms with van der Waals surface area (Å²) >= 11 is 0. The maximum Gasteiger partial charge on any atom is 0.405 e. The highest BCUT2D eigenvalue weighted by Gasteiger charge is 2.49. The van der Waals surface area contributed by atoms with Gasteiger partial charge in [0.2, 0.25) is 5.91 Å². The Morgan fingerprint density at radius 3 is 2.11 bits per heavy atom. The Bertz CT molecular complexity index is 1640. The molecule has 2 aliphatic rings. The van der Waals surface area contributed by atoms with E-state index in [-0.39, 0.29) is 11.9 Å². The number of likely N-dealkylation sites (tertiary alicyclic amines) is 1. The van der Waals surface area contributed by atoms with Gasteiger partial charge in [0.15, 0.2) is 0 Å². The molecule has 0 unspecified atom stereocenters. The van der Waals surface area contributed by atoms with Gasteiger partial charge in [0.1, 0.15) is 17.7 Å². The van der Waals surface area contributed by atoms with Crippen LogP contribution in [0.25, 0.3) is 22.3 Å². The number of nitrogens with one attached hydrogen (secondary N) is 2. The highest BCUT2D eigenvalue weighted by molar-refractivity contribution is 6.00. The first kappa shape index (κ1) is 31.5. The van der Waals surface area contributed by atoms with E-state index in [0.717, 1.165) is 72.3 Å². The summed E-state index contributed by atoms with van der Waals surface area (Å²) in [5.41, 5.74) is 4.50. The number of unbranched alkanes of at least 4 members (excludes halogenated alkanes) is 1. The van der Waals surface area contributed by atoms with Gasteiger partial charge >= 0.3 is 6.18 Å². The van der Waals surface area contributed by atoms with Gasteiger partial charge in [-0.1, -0.05) is 85.3 Å². The van der Waals surface area contributed by atoms with Crippen LogP contribution in [0.1, 0.15) is 53.7 Å². The van der Waals surface area contributed by atoms with E-state index in [4.69, 9.17) is 0 Å². The molecule has 3 aromatic carbocycles. The summed E-state index contributed by atoms with van der Waals surface area (Å²) in [6.07, 6.45) is 0.666. The number of nitrogens with zero attached hydrogens (tertiary/aromatic N) is 2. The second kappa shape index (κ2) is 13.5. The molecule has 1 aliphatic carbocycles. The minimum Gasteiger partial charge on any atom is -0.348 e. The number of aromatic nitrogens is 1. The quantitative estimate of drug-likeness (QED) is 0.191. The maximum absolute atomic E-state index is 13.7. The Hall–Kier alpha value is -4.50. The number of piperidine rings is 1. The van der Waals surface area contributed by atoms with E-state index in [1.165, 1.54) is 0 Å². The van der Waals surface area contributed by atoms with Gasteiger partial charge in [0.25, 0.3) is 5.91 Å². The highest BCUT2D eigenvalue weighted by Crippen LogP contribution is 2.51. The molecular formula is C37H37F3N4O2. The van der Waals surface area contributed by atoms with Crippen LogP contribution in [-0.4, -0.2) is 60.1 Å². The number of hydrogen-bond donors (Lipinski definition) is 2. The average molecular weight is 627 g/mol. The minimum atomic E-state index is -4.50. The molecule has 2 amide bonds. The summed E-state index contributed by atoms with van der Waals surface area (Å²) < 4.78 is 39.4. The fourth-order valence-electron chi connectivity index (χ4n) is 6.93. The van der Waals surface area contributed by atoms with Gasteiger partial charge in [-0.05, 0) is 77.7 Å². The molecule has 0 atom stereocenters. The monoisotopic (exact) mass is 626 g/mol. The molecule has 2 heterocycles. The molecule has 2 N–H and O–H groups in total. The van der Waals surface area contributed by atoms with E-state index in [1.807, 2.05) is 91.0 Å². The number of halogens is 3. The third kappa shape index (κ3) is 6.70. The van der Waals surface area contributed by atoms with Gasteiger partial charge < -0.3 is 15.5 Å². The third-order valence-corrected chi connectivity index (χ3v) is 9.20. The molecule has 9 heteroatoms. The Labute approximate surface area is 267 Å². The van der Waals surface area contributed by atoms with Crippen molar-refractivity contribution < 1.29 is 22.8 Å². The topological polar surface area (TPSA) is 74.3 Å². The van der Waals surface area contributed by atoms with Crippen molar-refractivity contribution in [2.24, 2.45) is 0 Å². The number of benzene rings is 3. The first-order chi connectivity index (χ1) is 22.2. The molecule has 1 saturated heterocycles. The molecule has 1 aromatic heterocycles. The Balaban J connectivity index is 1.05. The number of fused-ring (bicyclic) bond motifs is 3. The molecule has 4 aromatic rings. The number of carbonyl (C=O) groups excluding carboxylic acids is 2. The van der Waals surface area contributed by atoms with E-state index >= 15 is 0 Å². The minimum absolute atomic E-state index is 0.0537. The van der Waals surface area contributed by atoms with Gasteiger partial charge in [-0.3, -0.25) is 14.6 Å². The van der Waals surface area contributed by atoms with Gasteiger partial charge in [0.05, 0.1) is 0 Å². The van der Waals surface area contributed by atoms with Crippen LogP contribution in [-0.2, 0) is 10.2 Å². The third-order valence-electron chi connectivity index (χ3n) is 9.20. The molecular weight excluding hydrogens is 589 g/mol. The van der Waals surface area contributed by atoms with Gasteiger partial charge in [-0.2, -0.15) is 13.2 Å². The van der Waals surface area contributed by atoms with Crippen molar-refractivity contribution in [3.8, 4) is 22.3 Å². The normalized spacial score (nSPS) is 16.0. The van der Waals surface area contributed by atoms with Crippen molar-refractivity contribution in [2.45, 2.75) is 49.7 Å². The zero-order valence-electron chi connectivity index (χ0n) is 25.5. The molecule has 0 radical (unpaired) electrons. The SMILES string of the molecule is O=C(NC1CCN(CCCCC2(C(=O)NCC(F)(F)F)c3ccccc3-c3ccccc32)CC1)c1cc(-c2ccccc2)ccn1. The van der Waals surface area contributed by atoms with Crippen LogP contribution in [0.2, 0.25) is 0 Å². The maximum atomic E-state index is 13.7.